The maximum absolute atomic E-state index is 12.0. The third-order valence-electron chi connectivity index (χ3n) is 6.41. The summed E-state index contributed by atoms with van der Waals surface area (Å²) in [5.74, 6) is 0. The third-order valence-corrected chi connectivity index (χ3v) is 17.1. The molecule has 0 radical (unpaired) electrons. The molecule has 0 aliphatic heterocycles. The molecule has 0 saturated carbocycles. The summed E-state index contributed by atoms with van der Waals surface area (Å²) >= 11 is -1.85. The van der Waals surface area contributed by atoms with Crippen molar-refractivity contribution in [3.05, 3.63) is 35.9 Å². The van der Waals surface area contributed by atoms with Crippen LogP contribution in [-0.2, 0) is 29.7 Å². The Morgan fingerprint density at radius 2 is 1.21 bits per heavy atom. The zero-order chi connectivity index (χ0) is 28.7. The fourth-order valence-corrected chi connectivity index (χ4v) is 12.2. The van der Waals surface area contributed by atoms with E-state index in [9.17, 15) is 14.0 Å². The Kier molecular flexibility index (Phi) is 22.3. The number of rotatable bonds is 27. The van der Waals surface area contributed by atoms with E-state index in [1.165, 1.54) is 89.9 Å². The molecule has 0 spiro atoms. The van der Waals surface area contributed by atoms with Gasteiger partial charge in [0.2, 0.25) is 0 Å². The van der Waals surface area contributed by atoms with Crippen molar-refractivity contribution in [3.8, 4) is 0 Å². The first-order valence-corrected chi connectivity index (χ1v) is 22.3. The molecule has 0 aromatic heterocycles. The van der Waals surface area contributed by atoms with Crippen LogP contribution in [0.5, 0.6) is 0 Å². The van der Waals surface area contributed by atoms with Crippen LogP contribution < -0.4 is 0 Å². The van der Waals surface area contributed by atoms with Crippen molar-refractivity contribution in [1.82, 2.24) is 0 Å². The van der Waals surface area contributed by atoms with E-state index < -0.39 is 32.7 Å². The molecule has 0 aliphatic rings. The first-order valence-electron chi connectivity index (χ1n) is 14.7. The van der Waals surface area contributed by atoms with Gasteiger partial charge in [0.05, 0.1) is 0 Å². The molecule has 11 heteroatoms. The van der Waals surface area contributed by atoms with Crippen LogP contribution in [0, 0.1) is 0 Å². The van der Waals surface area contributed by atoms with Gasteiger partial charge in [-0.2, -0.15) is 0 Å². The molecular weight excluding hydrogens is 605 g/mol. The number of ether oxygens (including phenoxy) is 2. The Balaban J connectivity index is 2.11. The van der Waals surface area contributed by atoms with Crippen molar-refractivity contribution in [2.45, 2.75) is 122 Å². The molecule has 0 bridgehead atoms. The molecule has 1 unspecified atom stereocenters. The summed E-state index contributed by atoms with van der Waals surface area (Å²) in [6, 6.07) is 9.49. The van der Waals surface area contributed by atoms with Gasteiger partial charge in [-0.3, -0.25) is 0 Å². The van der Waals surface area contributed by atoms with Crippen molar-refractivity contribution in [2.75, 3.05) is 19.8 Å². The normalized spacial score (nSPS) is 14.4. The zero-order valence-electron chi connectivity index (χ0n) is 23.8. The molecular formula is C28H52O8P2Se. The SMILES string of the molecule is CCCCCCCCCCCCCCCCCCOC[C@H](COP(=O)(O)[Se]P(=O)(O)O)OCc1ccccc1. The Hall–Kier alpha value is -0.0405. The van der Waals surface area contributed by atoms with E-state index in [1.807, 2.05) is 30.3 Å². The number of benzene rings is 1. The maximum atomic E-state index is 12.0. The van der Waals surface area contributed by atoms with Crippen LogP contribution in [-0.4, -0.2) is 54.7 Å². The van der Waals surface area contributed by atoms with Gasteiger partial charge in [-0.25, -0.2) is 0 Å². The van der Waals surface area contributed by atoms with Crippen LogP contribution in [0.4, 0.5) is 0 Å². The topological polar surface area (TPSA) is 123 Å². The van der Waals surface area contributed by atoms with Gasteiger partial charge in [-0.05, 0) is 0 Å². The quantitative estimate of drug-likeness (QED) is 0.0499. The van der Waals surface area contributed by atoms with Gasteiger partial charge in [-0.1, -0.05) is 77.6 Å². The van der Waals surface area contributed by atoms with Crippen molar-refractivity contribution < 1.29 is 37.8 Å². The molecule has 39 heavy (non-hydrogen) atoms. The summed E-state index contributed by atoms with van der Waals surface area (Å²) in [4.78, 5) is 27.8. The Bertz CT molecular complexity index is 793. The standard InChI is InChI=1S/C28H52O8P2Se/c1-2-3-4-5-6-7-8-9-10-11-12-13-14-15-16-20-23-34-25-28(35-24-27-21-18-17-19-22-27)26-36-38(32,33)39-37(29,30)31/h17-19,21-22,28H,2-16,20,23-26H2,1H3,(H,32,33)(H2,29,30,31)/t28-/m1/s1. The summed E-state index contributed by atoms with van der Waals surface area (Å²) in [5, 5.41) is 0. The average Bonchev–Trinajstić information content (AvgIpc) is 2.88. The predicted molar refractivity (Wildman–Crippen MR) is 159 cm³/mol. The fourth-order valence-electron chi connectivity index (χ4n) is 4.23. The molecule has 8 nitrogen and oxygen atoms in total. The van der Waals surface area contributed by atoms with Crippen molar-refractivity contribution in [1.29, 1.82) is 0 Å². The molecule has 0 aliphatic carbocycles. The number of unbranched alkanes of at least 4 members (excludes halogenated alkanes) is 15. The van der Waals surface area contributed by atoms with E-state index in [1.54, 1.807) is 0 Å². The molecule has 3 N–H and O–H groups in total. The minimum atomic E-state index is -4.61. The predicted octanol–water partition coefficient (Wildman–Crippen LogP) is 7.76. The Labute approximate surface area is 242 Å². The first kappa shape index (κ1) is 37.0. The summed E-state index contributed by atoms with van der Waals surface area (Å²) < 4.78 is 39.7. The van der Waals surface area contributed by atoms with E-state index >= 15 is 0 Å². The molecule has 1 aromatic rings. The van der Waals surface area contributed by atoms with Crippen molar-refractivity contribution >= 4 is 26.6 Å². The van der Waals surface area contributed by atoms with E-state index in [0.717, 1.165) is 18.4 Å². The molecule has 0 amide bonds. The van der Waals surface area contributed by atoms with E-state index in [-0.39, 0.29) is 19.8 Å². The van der Waals surface area contributed by atoms with Crippen LogP contribution >= 0.6 is 12.6 Å². The van der Waals surface area contributed by atoms with Crippen LogP contribution in [0.2, 0.25) is 0 Å². The van der Waals surface area contributed by atoms with E-state index in [0.29, 0.717) is 6.61 Å². The summed E-state index contributed by atoms with van der Waals surface area (Å²) in [6.45, 7) is 3.00. The molecule has 0 saturated heterocycles. The molecule has 1 rings (SSSR count). The van der Waals surface area contributed by atoms with Crippen molar-refractivity contribution in [3.63, 3.8) is 0 Å². The zero-order valence-corrected chi connectivity index (χ0v) is 27.3. The number of hydrogen-bond acceptors (Lipinski definition) is 5. The molecule has 228 valence electrons. The van der Waals surface area contributed by atoms with Gasteiger partial charge in [-0.15, -0.1) is 0 Å². The van der Waals surface area contributed by atoms with Crippen LogP contribution in [0.1, 0.15) is 115 Å². The third kappa shape index (κ3) is 24.3. The van der Waals surface area contributed by atoms with Gasteiger partial charge in [0.1, 0.15) is 0 Å². The van der Waals surface area contributed by atoms with E-state index in [2.05, 4.69) is 6.92 Å². The van der Waals surface area contributed by atoms with Gasteiger partial charge in [0, 0.05) is 0 Å². The fraction of sp³-hybridized carbons (Fsp3) is 0.786. The molecule has 2 atom stereocenters. The molecule has 0 fully saturated rings. The van der Waals surface area contributed by atoms with E-state index in [4.69, 9.17) is 23.8 Å². The van der Waals surface area contributed by atoms with Gasteiger partial charge in [0.15, 0.2) is 0 Å². The molecule has 0 heterocycles. The minimum absolute atomic E-state index is 0.175. The Morgan fingerprint density at radius 1 is 0.718 bits per heavy atom. The van der Waals surface area contributed by atoms with Gasteiger partial charge in [0.25, 0.3) is 0 Å². The van der Waals surface area contributed by atoms with Crippen LogP contribution in [0.25, 0.3) is 0 Å². The second kappa shape index (κ2) is 23.5. The van der Waals surface area contributed by atoms with Crippen LogP contribution in [0.3, 0.4) is 0 Å². The van der Waals surface area contributed by atoms with Crippen molar-refractivity contribution in [2.24, 2.45) is 0 Å². The van der Waals surface area contributed by atoms with Gasteiger partial charge < -0.3 is 0 Å². The van der Waals surface area contributed by atoms with Crippen LogP contribution in [0.15, 0.2) is 30.3 Å². The van der Waals surface area contributed by atoms with Gasteiger partial charge >= 0.3 is 165 Å². The Morgan fingerprint density at radius 3 is 1.69 bits per heavy atom. The summed E-state index contributed by atoms with van der Waals surface area (Å²) in [5.41, 5.74) is 0.937. The monoisotopic (exact) mass is 658 g/mol. The second-order valence-corrected chi connectivity index (χ2v) is 21.9. The first-order chi connectivity index (χ1) is 18.7. The summed E-state index contributed by atoms with van der Waals surface area (Å²) in [6.07, 6.45) is 11.3. The summed E-state index contributed by atoms with van der Waals surface area (Å²) in [7, 11) is 0. The second-order valence-electron chi connectivity index (χ2n) is 10.1. The average molecular weight is 658 g/mol. The number of hydrogen-bond donors (Lipinski definition) is 3. The molecule has 1 aromatic carbocycles.